The number of hydrogen-bond donors (Lipinski definition) is 0. The maximum absolute atomic E-state index is 4.16. The molecule has 0 aromatic carbocycles. The predicted molar refractivity (Wildman–Crippen MR) is 42.0 cm³/mol. The van der Waals surface area contributed by atoms with Crippen LogP contribution in [0, 0.1) is 0 Å². The summed E-state index contributed by atoms with van der Waals surface area (Å²) in [4.78, 5) is 6.12. The Kier molecular flexibility index (Phi) is 5.27. The molecule has 0 atom stereocenters. The highest BCUT2D eigenvalue weighted by molar-refractivity contribution is 5.53. The quantitative estimate of drug-likeness (QED) is 0.317. The molecule has 0 spiro atoms. The molecule has 2 nitrogen and oxygen atoms in total. The number of hydrogen-bond acceptors (Lipinski definition) is 1. The van der Waals surface area contributed by atoms with Gasteiger partial charge in [0.25, 0.3) is 0 Å². The van der Waals surface area contributed by atoms with Gasteiger partial charge in [-0.15, -0.1) is 0 Å². The van der Waals surface area contributed by atoms with Crippen molar-refractivity contribution < 1.29 is 0 Å². The first-order valence-corrected chi connectivity index (χ1v) is 3.43. The van der Waals surface area contributed by atoms with Gasteiger partial charge in [0.15, 0.2) is 0 Å². The van der Waals surface area contributed by atoms with Crippen LogP contribution in [0.5, 0.6) is 0 Å². The lowest BCUT2D eigenvalue weighted by Crippen LogP contribution is -2.07. The van der Waals surface area contributed by atoms with E-state index in [1.54, 1.807) is 0 Å². The molecule has 0 amide bonds. The molecule has 0 saturated heterocycles. The van der Waals surface area contributed by atoms with Crippen molar-refractivity contribution in [1.29, 1.82) is 0 Å². The molecule has 0 aliphatic rings. The van der Waals surface area contributed by atoms with E-state index in [1.807, 2.05) is 25.3 Å². The fourth-order valence-electron chi connectivity index (χ4n) is 0.470. The van der Waals surface area contributed by atoms with E-state index < -0.39 is 0 Å². The fourth-order valence-corrected chi connectivity index (χ4v) is 0.470. The van der Waals surface area contributed by atoms with Crippen molar-refractivity contribution in [3.63, 3.8) is 0 Å². The Balaban J connectivity index is 3.04. The molecule has 0 saturated carbocycles. The lowest BCUT2D eigenvalue weighted by Gasteiger charge is -2.00. The average Bonchev–Trinajstić information content (AvgIpc) is 1.80. The van der Waals surface area contributed by atoms with E-state index in [2.05, 4.69) is 11.9 Å². The smallest absolute Gasteiger partial charge is 0.0844 e. The summed E-state index contributed by atoms with van der Waals surface area (Å²) in [5, 5.41) is 0. The Hall–Kier alpha value is -0.530. The van der Waals surface area contributed by atoms with Gasteiger partial charge in [-0.2, -0.15) is 0 Å². The van der Waals surface area contributed by atoms with Crippen LogP contribution in [-0.2, 0) is 0 Å². The molecule has 0 heterocycles. The van der Waals surface area contributed by atoms with Crippen LogP contribution in [0.1, 0.15) is 19.8 Å². The van der Waals surface area contributed by atoms with Gasteiger partial charge in [-0.05, 0) is 6.42 Å². The minimum atomic E-state index is 0.967. The number of unbranched alkanes of at least 4 members (excludes halogenated alkanes) is 1. The molecule has 0 aromatic rings. The van der Waals surface area contributed by atoms with E-state index in [0.29, 0.717) is 0 Å². The van der Waals surface area contributed by atoms with E-state index in [0.717, 1.165) is 6.54 Å². The SMILES string of the molecule is CCCC/N=C/N(C)C. The molecule has 9 heavy (non-hydrogen) atoms. The van der Waals surface area contributed by atoms with Gasteiger partial charge in [0.2, 0.25) is 0 Å². The summed E-state index contributed by atoms with van der Waals surface area (Å²) in [5.41, 5.74) is 0. The summed E-state index contributed by atoms with van der Waals surface area (Å²) in [6.45, 7) is 3.14. The third-order valence-corrected chi connectivity index (χ3v) is 0.953. The fraction of sp³-hybridized carbons (Fsp3) is 0.857. The highest BCUT2D eigenvalue weighted by Gasteiger charge is 1.78. The van der Waals surface area contributed by atoms with Crippen LogP contribution in [0.3, 0.4) is 0 Å². The van der Waals surface area contributed by atoms with Crippen molar-refractivity contribution in [2.24, 2.45) is 4.99 Å². The summed E-state index contributed by atoms with van der Waals surface area (Å²) >= 11 is 0. The molecular formula is C7H16N2. The second-order valence-electron chi connectivity index (χ2n) is 2.34. The highest BCUT2D eigenvalue weighted by Crippen LogP contribution is 1.85. The van der Waals surface area contributed by atoms with Crippen molar-refractivity contribution in [1.82, 2.24) is 4.90 Å². The molecule has 0 aromatic heterocycles. The van der Waals surface area contributed by atoms with E-state index in [9.17, 15) is 0 Å². The summed E-state index contributed by atoms with van der Waals surface area (Å²) < 4.78 is 0. The Morgan fingerprint density at radius 1 is 1.44 bits per heavy atom. The van der Waals surface area contributed by atoms with Gasteiger partial charge in [-0.25, -0.2) is 0 Å². The third-order valence-electron chi connectivity index (χ3n) is 0.953. The van der Waals surface area contributed by atoms with Gasteiger partial charge in [0.05, 0.1) is 6.34 Å². The first kappa shape index (κ1) is 8.47. The van der Waals surface area contributed by atoms with Crippen LogP contribution < -0.4 is 0 Å². The second-order valence-corrected chi connectivity index (χ2v) is 2.34. The van der Waals surface area contributed by atoms with Crippen LogP contribution in [0.15, 0.2) is 4.99 Å². The van der Waals surface area contributed by atoms with Crippen molar-refractivity contribution in [3.8, 4) is 0 Å². The highest BCUT2D eigenvalue weighted by atomic mass is 15.1. The maximum atomic E-state index is 4.16. The second kappa shape index (κ2) is 5.60. The molecule has 0 bridgehead atoms. The van der Waals surface area contributed by atoms with Crippen LogP contribution in [0.25, 0.3) is 0 Å². The van der Waals surface area contributed by atoms with Crippen molar-refractivity contribution in [2.75, 3.05) is 20.6 Å². The summed E-state index contributed by atoms with van der Waals surface area (Å²) in [5.74, 6) is 0. The molecule has 2 heteroatoms. The third kappa shape index (κ3) is 7.47. The van der Waals surface area contributed by atoms with Gasteiger partial charge in [0.1, 0.15) is 0 Å². The summed E-state index contributed by atoms with van der Waals surface area (Å²) in [6, 6.07) is 0. The molecule has 0 N–H and O–H groups in total. The molecule has 54 valence electrons. The van der Waals surface area contributed by atoms with E-state index in [1.165, 1.54) is 12.8 Å². The number of aliphatic imine (C=N–C) groups is 1. The Labute approximate surface area is 57.6 Å². The normalized spacial score (nSPS) is 10.6. The van der Waals surface area contributed by atoms with E-state index >= 15 is 0 Å². The first-order chi connectivity index (χ1) is 4.27. The van der Waals surface area contributed by atoms with Gasteiger partial charge in [0, 0.05) is 20.6 Å². The zero-order chi connectivity index (χ0) is 7.11. The van der Waals surface area contributed by atoms with Crippen LogP contribution >= 0.6 is 0 Å². The van der Waals surface area contributed by atoms with Gasteiger partial charge >= 0.3 is 0 Å². The molecule has 0 unspecified atom stereocenters. The standard InChI is InChI=1S/C7H16N2/c1-4-5-6-8-7-9(2)3/h7H,4-6H2,1-3H3/b8-7+. The van der Waals surface area contributed by atoms with Gasteiger partial charge < -0.3 is 4.90 Å². The van der Waals surface area contributed by atoms with E-state index in [4.69, 9.17) is 0 Å². The molecule has 0 aliphatic heterocycles. The van der Waals surface area contributed by atoms with Gasteiger partial charge in [-0.1, -0.05) is 13.3 Å². The zero-order valence-corrected chi connectivity index (χ0v) is 6.59. The average molecular weight is 128 g/mol. The predicted octanol–water partition coefficient (Wildman–Crippen LogP) is 1.38. The molecule has 0 rings (SSSR count). The topological polar surface area (TPSA) is 15.6 Å². The molecule has 0 radical (unpaired) electrons. The van der Waals surface area contributed by atoms with Gasteiger partial charge in [-0.3, -0.25) is 4.99 Å². The summed E-state index contributed by atoms with van der Waals surface area (Å²) in [6.07, 6.45) is 4.28. The van der Waals surface area contributed by atoms with Crippen molar-refractivity contribution >= 4 is 6.34 Å². The molecular weight excluding hydrogens is 112 g/mol. The van der Waals surface area contributed by atoms with Crippen LogP contribution in [-0.4, -0.2) is 31.9 Å². The van der Waals surface area contributed by atoms with Crippen LogP contribution in [0.2, 0.25) is 0 Å². The maximum Gasteiger partial charge on any atom is 0.0844 e. The van der Waals surface area contributed by atoms with Crippen molar-refractivity contribution in [2.45, 2.75) is 19.8 Å². The minimum Gasteiger partial charge on any atom is -0.369 e. The largest absolute Gasteiger partial charge is 0.369 e. The monoisotopic (exact) mass is 128 g/mol. The minimum absolute atomic E-state index is 0.967. The molecule has 0 aliphatic carbocycles. The Morgan fingerprint density at radius 3 is 2.56 bits per heavy atom. The number of nitrogens with zero attached hydrogens (tertiary/aromatic N) is 2. The lowest BCUT2D eigenvalue weighted by atomic mass is 10.3. The molecule has 0 fully saturated rings. The Morgan fingerprint density at radius 2 is 2.11 bits per heavy atom. The van der Waals surface area contributed by atoms with E-state index in [-0.39, 0.29) is 0 Å². The zero-order valence-electron chi connectivity index (χ0n) is 6.59. The summed E-state index contributed by atoms with van der Waals surface area (Å²) in [7, 11) is 3.96. The Bertz CT molecular complexity index is 77.0. The number of rotatable bonds is 4. The van der Waals surface area contributed by atoms with Crippen molar-refractivity contribution in [3.05, 3.63) is 0 Å². The first-order valence-electron chi connectivity index (χ1n) is 3.43. The lowest BCUT2D eigenvalue weighted by molar-refractivity contribution is 0.636. The van der Waals surface area contributed by atoms with Crippen LogP contribution in [0.4, 0.5) is 0 Å².